The Morgan fingerprint density at radius 2 is 0.986 bits per heavy atom. The Bertz CT molecular complexity index is 2480. The number of para-hydroxylation sites is 2. The number of nitrogens with two attached hydrogens (primary N) is 5. The summed E-state index contributed by atoms with van der Waals surface area (Å²) < 4.78 is 0. The average molecular weight is 960 g/mol. The molecule has 20 N–H and O–H groups in total. The van der Waals surface area contributed by atoms with Gasteiger partial charge in [-0.15, -0.1) is 0 Å². The number of aliphatic hydroxyl groups excluding tert-OH is 1. The van der Waals surface area contributed by atoms with Gasteiger partial charge in [-0.2, -0.15) is 0 Å². The summed E-state index contributed by atoms with van der Waals surface area (Å²) in [6.07, 6.45) is 1.86. The summed E-state index contributed by atoms with van der Waals surface area (Å²) in [7, 11) is 0. The summed E-state index contributed by atoms with van der Waals surface area (Å²) in [5.74, 6) is -7.32. The van der Waals surface area contributed by atoms with Crippen molar-refractivity contribution < 1.29 is 43.8 Å². The van der Waals surface area contributed by atoms with E-state index in [4.69, 9.17) is 28.7 Å². The lowest BCUT2D eigenvalue weighted by Crippen LogP contribution is -2.61. The zero-order chi connectivity index (χ0) is 50.8. The number of benzene rings is 2. The van der Waals surface area contributed by atoms with Crippen molar-refractivity contribution in [3.63, 3.8) is 0 Å². The van der Waals surface area contributed by atoms with Gasteiger partial charge in [0.15, 0.2) is 11.9 Å². The number of nitrogens with one attached hydrogen (secondary N) is 8. The van der Waals surface area contributed by atoms with Crippen LogP contribution >= 0.6 is 0 Å². The first kappa shape index (κ1) is 53.9. The number of aliphatic carboxylic acids is 1. The molecule has 0 aliphatic carbocycles. The summed E-state index contributed by atoms with van der Waals surface area (Å²) in [6, 6.07) is 6.27. The van der Waals surface area contributed by atoms with E-state index in [-0.39, 0.29) is 63.5 Å². The van der Waals surface area contributed by atoms with Crippen molar-refractivity contribution >= 4 is 75.1 Å². The number of amides is 6. The molecule has 4 aromatic rings. The first-order chi connectivity index (χ1) is 32.8. The van der Waals surface area contributed by atoms with E-state index in [1.807, 2.05) is 48.5 Å². The molecule has 24 heteroatoms. The van der Waals surface area contributed by atoms with Crippen molar-refractivity contribution in [1.82, 2.24) is 41.9 Å². The number of hydrogen-bond donors (Lipinski definition) is 15. The number of aliphatic hydroxyl groups is 1. The van der Waals surface area contributed by atoms with E-state index in [1.54, 1.807) is 26.2 Å². The van der Waals surface area contributed by atoms with Gasteiger partial charge in [0.25, 0.3) is 0 Å². The van der Waals surface area contributed by atoms with Gasteiger partial charge in [0.2, 0.25) is 35.4 Å². The van der Waals surface area contributed by atoms with Crippen LogP contribution in [-0.4, -0.2) is 136 Å². The molecule has 24 nitrogen and oxygen atoms in total. The van der Waals surface area contributed by atoms with Gasteiger partial charge in [0, 0.05) is 60.1 Å². The number of aromatic amines is 2. The third-order valence-corrected chi connectivity index (χ3v) is 11.1. The Kier molecular flexibility index (Phi) is 20.3. The van der Waals surface area contributed by atoms with E-state index < -0.39 is 96.2 Å². The Labute approximate surface area is 397 Å². The summed E-state index contributed by atoms with van der Waals surface area (Å²) in [6.45, 7) is 3.98. The van der Waals surface area contributed by atoms with Gasteiger partial charge in [-0.05, 0) is 61.8 Å². The molecule has 69 heavy (non-hydrogen) atoms. The summed E-state index contributed by atoms with van der Waals surface area (Å²) in [4.78, 5) is 109. The van der Waals surface area contributed by atoms with Crippen molar-refractivity contribution in [3.05, 3.63) is 72.1 Å². The molecular formula is C45H65N15O9. The van der Waals surface area contributed by atoms with Crippen molar-refractivity contribution in [2.45, 2.75) is 102 Å². The number of hydrogen-bond acceptors (Lipinski definition) is 11. The van der Waals surface area contributed by atoms with Crippen LogP contribution in [0.4, 0.5) is 0 Å². The van der Waals surface area contributed by atoms with Gasteiger partial charge in [0.05, 0.1) is 12.6 Å². The maximum atomic E-state index is 14.6. The zero-order valence-corrected chi connectivity index (χ0v) is 38.8. The minimum atomic E-state index is -1.66. The predicted molar refractivity (Wildman–Crippen MR) is 259 cm³/mol. The number of aromatic nitrogens is 2. The number of nitrogens with zero attached hydrogens (tertiary/aromatic N) is 2. The number of guanidine groups is 2. The molecular weight excluding hydrogens is 895 g/mol. The molecule has 4 rings (SSSR count). The molecule has 2 heterocycles. The maximum Gasteiger partial charge on any atom is 0.326 e. The van der Waals surface area contributed by atoms with Crippen molar-refractivity contribution in [3.8, 4) is 0 Å². The fraction of sp³-hybridized carbons (Fsp3) is 0.444. The Balaban J connectivity index is 1.68. The molecule has 2 aromatic carbocycles. The van der Waals surface area contributed by atoms with Crippen LogP contribution in [0.1, 0.15) is 57.6 Å². The smallest absolute Gasteiger partial charge is 0.326 e. The van der Waals surface area contributed by atoms with E-state index in [9.17, 15) is 43.8 Å². The van der Waals surface area contributed by atoms with E-state index in [0.29, 0.717) is 11.1 Å². The Hall–Kier alpha value is -7.73. The molecule has 6 amide bonds. The van der Waals surface area contributed by atoms with Crippen LogP contribution < -0.4 is 60.6 Å². The number of carboxylic acids is 1. The highest BCUT2D eigenvalue weighted by Gasteiger charge is 2.35. The largest absolute Gasteiger partial charge is 0.480 e. The lowest BCUT2D eigenvalue weighted by atomic mass is 10.0. The second-order valence-electron chi connectivity index (χ2n) is 16.8. The minimum absolute atomic E-state index is 0.0148. The lowest BCUT2D eigenvalue weighted by molar-refractivity contribution is -0.144. The molecule has 0 unspecified atom stereocenters. The van der Waals surface area contributed by atoms with Crippen LogP contribution in [0.25, 0.3) is 21.8 Å². The van der Waals surface area contributed by atoms with Crippen LogP contribution in [-0.2, 0) is 46.4 Å². The number of carbonyl (C=O) groups excluding carboxylic acids is 6. The summed E-state index contributed by atoms with van der Waals surface area (Å²) in [5.41, 5.74) is 30.6. The molecule has 0 aliphatic rings. The molecule has 0 saturated carbocycles. The van der Waals surface area contributed by atoms with Gasteiger partial charge in [0.1, 0.15) is 36.3 Å². The first-order valence-corrected chi connectivity index (χ1v) is 22.4. The standard InChI is InChI=1S/C45H65N15O9/c1-23(2)36(43(68)69)59-42(67)37(24(3)61)60-39(64)32(15-9-17-52-45(49)50)56-38(63)31(14-8-16-51-44(47)48)57-41(66)34(19-26-22-54-30-13-7-5-11-28(26)30)58-40(65)33(55-35(62)20-46)18-25-21-53-29-12-6-4-10-27(25)29/h4-7,10-13,21-24,31-34,36-37,53-54,61H,8-9,14-20,46H2,1-3H3,(H,55,62)(H,56,63)(H,57,66)(H,58,65)(H,59,67)(H,60,64)(H,68,69)(H4,47,48,51)(H4,49,50,52)/t24-,31+,32+,33+,34+,36+,37+/m1/s1. The van der Waals surface area contributed by atoms with Gasteiger partial charge in [-0.1, -0.05) is 50.2 Å². The molecule has 2 aromatic heterocycles. The van der Waals surface area contributed by atoms with Gasteiger partial charge >= 0.3 is 5.97 Å². The number of carbonyl (C=O) groups is 7. The van der Waals surface area contributed by atoms with Gasteiger partial charge < -0.3 is 80.8 Å². The summed E-state index contributed by atoms with van der Waals surface area (Å²) in [5, 5.41) is 37.4. The summed E-state index contributed by atoms with van der Waals surface area (Å²) >= 11 is 0. The molecule has 0 spiro atoms. The normalized spacial score (nSPS) is 14.2. The van der Waals surface area contributed by atoms with E-state index in [0.717, 1.165) is 21.8 Å². The Morgan fingerprint density at radius 1 is 0.580 bits per heavy atom. The first-order valence-electron chi connectivity index (χ1n) is 22.4. The van der Waals surface area contributed by atoms with Crippen LogP contribution in [0, 0.1) is 5.92 Å². The van der Waals surface area contributed by atoms with Crippen molar-refractivity contribution in [2.75, 3.05) is 19.6 Å². The van der Waals surface area contributed by atoms with E-state index in [2.05, 4.69) is 51.9 Å². The van der Waals surface area contributed by atoms with Gasteiger partial charge in [-0.3, -0.25) is 38.8 Å². The van der Waals surface area contributed by atoms with Crippen molar-refractivity contribution in [2.24, 2.45) is 44.6 Å². The predicted octanol–water partition coefficient (Wildman–Crippen LogP) is -2.47. The number of fused-ring (bicyclic) bond motifs is 2. The quantitative estimate of drug-likeness (QED) is 0.0167. The highest BCUT2D eigenvalue weighted by molar-refractivity contribution is 5.98. The second kappa shape index (κ2) is 26.0. The average Bonchev–Trinajstić information content (AvgIpc) is 3.91. The SMILES string of the molecule is CC(C)[C@H](NC(=O)[C@@H](NC(=O)[C@H](CCCN=C(N)N)NC(=O)[C@H](CCCN=C(N)N)NC(=O)[C@H](Cc1c[nH]c2ccccc12)NC(=O)[C@H](Cc1c[nH]c2ccccc12)NC(=O)CN)[C@@H](C)O)C(=O)O. The van der Waals surface area contributed by atoms with E-state index in [1.165, 1.54) is 6.92 Å². The molecule has 0 bridgehead atoms. The number of rotatable bonds is 27. The minimum Gasteiger partial charge on any atom is -0.480 e. The van der Waals surface area contributed by atoms with Crippen LogP contribution in [0.15, 0.2) is 70.9 Å². The zero-order valence-electron chi connectivity index (χ0n) is 38.8. The van der Waals surface area contributed by atoms with Gasteiger partial charge in [-0.25, -0.2) is 4.79 Å². The molecule has 374 valence electrons. The number of carboxylic acid groups (broad SMARTS) is 1. The maximum absolute atomic E-state index is 14.6. The molecule has 7 atom stereocenters. The van der Waals surface area contributed by atoms with Crippen LogP contribution in [0.3, 0.4) is 0 Å². The Morgan fingerprint density at radius 3 is 1.41 bits per heavy atom. The van der Waals surface area contributed by atoms with E-state index >= 15 is 0 Å². The third kappa shape index (κ3) is 16.2. The topological polar surface area (TPSA) is 419 Å². The molecule has 0 radical (unpaired) electrons. The number of H-pyrrole nitrogens is 2. The second-order valence-corrected chi connectivity index (χ2v) is 16.8. The monoisotopic (exact) mass is 960 g/mol. The fourth-order valence-electron chi connectivity index (χ4n) is 7.49. The number of aliphatic imine (C=N–C) groups is 2. The molecule has 0 aliphatic heterocycles. The van der Waals surface area contributed by atoms with Crippen LogP contribution in [0.5, 0.6) is 0 Å². The highest BCUT2D eigenvalue weighted by atomic mass is 16.4. The lowest BCUT2D eigenvalue weighted by Gasteiger charge is -2.28. The third-order valence-electron chi connectivity index (χ3n) is 11.1. The molecule has 0 fully saturated rings. The van der Waals surface area contributed by atoms with Crippen molar-refractivity contribution in [1.29, 1.82) is 0 Å². The van der Waals surface area contributed by atoms with Crippen LogP contribution in [0.2, 0.25) is 0 Å². The highest BCUT2D eigenvalue weighted by Crippen LogP contribution is 2.21. The molecule has 0 saturated heterocycles. The fourth-order valence-corrected chi connectivity index (χ4v) is 7.49.